The van der Waals surface area contributed by atoms with Crippen molar-refractivity contribution in [2.45, 2.75) is 12.8 Å². The molecule has 7 heteroatoms. The van der Waals surface area contributed by atoms with E-state index in [1.807, 2.05) is 42.5 Å². The lowest BCUT2D eigenvalue weighted by molar-refractivity contribution is 0.371. The summed E-state index contributed by atoms with van der Waals surface area (Å²) in [4.78, 5) is 31.4. The molecule has 2 heterocycles. The topological polar surface area (TPSA) is 96.2 Å². The van der Waals surface area contributed by atoms with E-state index in [0.29, 0.717) is 24.4 Å². The van der Waals surface area contributed by atoms with Crippen LogP contribution < -0.4 is 0 Å². The summed E-state index contributed by atoms with van der Waals surface area (Å²) < 4.78 is 11.0. The van der Waals surface area contributed by atoms with E-state index >= 15 is 0 Å². The Morgan fingerprint density at radius 3 is 2.52 bits per heavy atom. The summed E-state index contributed by atoms with van der Waals surface area (Å²) in [5.41, 5.74) is 2.26. The highest BCUT2D eigenvalue weighted by Crippen LogP contribution is 2.35. The molecule has 6 nitrogen and oxygen atoms in total. The van der Waals surface area contributed by atoms with E-state index in [-0.39, 0.29) is 6.16 Å². The van der Waals surface area contributed by atoms with E-state index in [2.05, 4.69) is 15.0 Å². The Balaban J connectivity index is 1.99. The molecule has 3 rings (SSSR count). The van der Waals surface area contributed by atoms with E-state index in [1.165, 1.54) is 0 Å². The van der Waals surface area contributed by atoms with E-state index in [1.54, 1.807) is 6.20 Å². The van der Waals surface area contributed by atoms with Crippen LogP contribution in [-0.2, 0) is 11.0 Å². The van der Waals surface area contributed by atoms with Crippen molar-refractivity contribution in [1.82, 2.24) is 15.0 Å². The maximum atomic E-state index is 11.0. The fraction of sp³-hybridized carbons (Fsp3) is 0.188. The van der Waals surface area contributed by atoms with Crippen molar-refractivity contribution in [2.24, 2.45) is 0 Å². The molecular formula is C16H16N3O3P. The molecule has 0 atom stereocenters. The largest absolute Gasteiger partial charge is 0.325 e. The molecule has 1 aromatic carbocycles. The van der Waals surface area contributed by atoms with Crippen LogP contribution in [0.1, 0.15) is 12.1 Å². The molecule has 0 saturated heterocycles. The van der Waals surface area contributed by atoms with E-state index in [4.69, 9.17) is 9.79 Å². The lowest BCUT2D eigenvalue weighted by Crippen LogP contribution is -2.01. The van der Waals surface area contributed by atoms with Gasteiger partial charge in [0.25, 0.3) is 0 Å². The quantitative estimate of drug-likeness (QED) is 0.699. The Morgan fingerprint density at radius 1 is 1.00 bits per heavy atom. The average Bonchev–Trinajstić information content (AvgIpc) is 2.54. The van der Waals surface area contributed by atoms with Gasteiger partial charge in [-0.15, -0.1) is 0 Å². The third kappa shape index (κ3) is 3.99. The monoisotopic (exact) mass is 329 g/mol. The smallest absolute Gasteiger partial charge is 0.324 e. The Labute approximate surface area is 133 Å². The van der Waals surface area contributed by atoms with Gasteiger partial charge in [0.15, 0.2) is 5.82 Å². The van der Waals surface area contributed by atoms with Crippen molar-refractivity contribution in [3.8, 4) is 11.5 Å². The predicted octanol–water partition coefficient (Wildman–Crippen LogP) is 2.80. The van der Waals surface area contributed by atoms with Gasteiger partial charge >= 0.3 is 7.60 Å². The minimum Gasteiger partial charge on any atom is -0.324 e. The van der Waals surface area contributed by atoms with Crippen molar-refractivity contribution in [2.75, 3.05) is 6.16 Å². The highest BCUT2D eigenvalue weighted by atomic mass is 31.2. The van der Waals surface area contributed by atoms with Crippen LogP contribution in [0.4, 0.5) is 0 Å². The summed E-state index contributed by atoms with van der Waals surface area (Å²) in [7, 11) is -3.99. The lowest BCUT2D eigenvalue weighted by atomic mass is 10.1. The van der Waals surface area contributed by atoms with Crippen LogP contribution >= 0.6 is 7.60 Å². The zero-order valence-corrected chi connectivity index (χ0v) is 13.2. The van der Waals surface area contributed by atoms with E-state index in [0.717, 1.165) is 16.6 Å². The third-order valence-corrected chi connectivity index (χ3v) is 4.34. The van der Waals surface area contributed by atoms with Gasteiger partial charge in [0, 0.05) is 11.6 Å². The van der Waals surface area contributed by atoms with Gasteiger partial charge in [0.1, 0.15) is 5.69 Å². The molecule has 3 aromatic rings. The minimum absolute atomic E-state index is 0.149. The van der Waals surface area contributed by atoms with Gasteiger partial charge < -0.3 is 9.79 Å². The predicted molar refractivity (Wildman–Crippen MR) is 88.0 cm³/mol. The summed E-state index contributed by atoms with van der Waals surface area (Å²) >= 11 is 0. The summed E-state index contributed by atoms with van der Waals surface area (Å²) in [6, 6.07) is 13.2. The minimum atomic E-state index is -3.99. The van der Waals surface area contributed by atoms with Crippen LogP contribution in [0.3, 0.4) is 0 Å². The molecule has 2 N–H and O–H groups in total. The van der Waals surface area contributed by atoms with Crippen molar-refractivity contribution in [1.29, 1.82) is 0 Å². The molecule has 0 amide bonds. The maximum absolute atomic E-state index is 11.0. The molecule has 0 aliphatic carbocycles. The number of benzene rings is 1. The molecule has 0 aliphatic rings. The van der Waals surface area contributed by atoms with Crippen LogP contribution in [0.15, 0.2) is 48.7 Å². The van der Waals surface area contributed by atoms with Crippen molar-refractivity contribution in [3.63, 3.8) is 0 Å². The highest BCUT2D eigenvalue weighted by Gasteiger charge is 2.14. The maximum Gasteiger partial charge on any atom is 0.325 e. The number of pyridine rings is 1. The SMILES string of the molecule is O=P(O)(O)CCCc1nc(-c2ccccn2)nc2ccccc12. The van der Waals surface area contributed by atoms with Crippen LogP contribution in [0.5, 0.6) is 0 Å². The molecule has 0 saturated carbocycles. The Kier molecular flexibility index (Phi) is 4.48. The summed E-state index contributed by atoms with van der Waals surface area (Å²) in [6.07, 6.45) is 2.38. The van der Waals surface area contributed by atoms with E-state index < -0.39 is 7.60 Å². The zero-order chi connectivity index (χ0) is 16.3. The number of nitrogens with zero attached hydrogens (tertiary/aromatic N) is 3. The Bertz CT molecular complexity index is 865. The Hall–Kier alpha value is -2.14. The molecular weight excluding hydrogens is 313 g/mol. The number of aryl methyl sites for hydroxylation is 1. The van der Waals surface area contributed by atoms with Crippen molar-refractivity contribution < 1.29 is 14.4 Å². The molecule has 2 aromatic heterocycles. The van der Waals surface area contributed by atoms with Crippen LogP contribution in [0.2, 0.25) is 0 Å². The second-order valence-corrected chi connectivity index (χ2v) is 6.99. The average molecular weight is 329 g/mol. The number of aromatic nitrogens is 3. The van der Waals surface area contributed by atoms with Crippen molar-refractivity contribution in [3.05, 3.63) is 54.4 Å². The van der Waals surface area contributed by atoms with Gasteiger partial charge in [-0.05, 0) is 31.0 Å². The molecule has 0 bridgehead atoms. The molecule has 0 fully saturated rings. The second kappa shape index (κ2) is 6.54. The van der Waals surface area contributed by atoms with Gasteiger partial charge in [-0.2, -0.15) is 0 Å². The zero-order valence-electron chi connectivity index (χ0n) is 12.3. The summed E-state index contributed by atoms with van der Waals surface area (Å²) in [5, 5.41) is 0.901. The van der Waals surface area contributed by atoms with Crippen LogP contribution in [0, 0.1) is 0 Å². The fourth-order valence-corrected chi connectivity index (χ4v) is 2.96. The molecule has 0 spiro atoms. The standard InChI is InChI=1S/C16H16N3O3P/c20-23(21,22)11-5-9-14-12-6-1-2-7-13(12)18-16(19-14)15-8-3-4-10-17-15/h1-4,6-8,10H,5,9,11H2,(H2,20,21,22). The number of fused-ring (bicyclic) bond motifs is 1. The second-order valence-electron chi connectivity index (χ2n) is 5.22. The molecule has 0 unspecified atom stereocenters. The Morgan fingerprint density at radius 2 is 1.78 bits per heavy atom. The number of hydrogen-bond donors (Lipinski definition) is 2. The fourth-order valence-electron chi connectivity index (χ4n) is 2.39. The van der Waals surface area contributed by atoms with Gasteiger partial charge in [0.2, 0.25) is 0 Å². The third-order valence-electron chi connectivity index (χ3n) is 3.44. The normalized spacial score (nSPS) is 11.7. The first-order valence-electron chi connectivity index (χ1n) is 7.24. The van der Waals surface area contributed by atoms with Crippen LogP contribution in [-0.4, -0.2) is 30.9 Å². The lowest BCUT2D eigenvalue weighted by Gasteiger charge is -2.09. The molecule has 0 radical (unpaired) electrons. The molecule has 0 aliphatic heterocycles. The molecule has 23 heavy (non-hydrogen) atoms. The number of para-hydroxylation sites is 1. The number of rotatable bonds is 5. The summed E-state index contributed by atoms with van der Waals surface area (Å²) in [5.74, 6) is 0.524. The first-order valence-corrected chi connectivity index (χ1v) is 9.04. The first-order chi connectivity index (χ1) is 11.0. The van der Waals surface area contributed by atoms with Crippen molar-refractivity contribution >= 4 is 18.5 Å². The first kappa shape index (κ1) is 15.7. The molecule has 118 valence electrons. The van der Waals surface area contributed by atoms with Crippen LogP contribution in [0.25, 0.3) is 22.4 Å². The van der Waals surface area contributed by atoms with Gasteiger partial charge in [0.05, 0.1) is 17.4 Å². The van der Waals surface area contributed by atoms with Gasteiger partial charge in [-0.25, -0.2) is 9.97 Å². The number of hydrogen-bond acceptors (Lipinski definition) is 4. The van der Waals surface area contributed by atoms with Gasteiger partial charge in [-0.1, -0.05) is 24.3 Å². The van der Waals surface area contributed by atoms with E-state index in [9.17, 15) is 4.57 Å². The highest BCUT2D eigenvalue weighted by molar-refractivity contribution is 7.51. The van der Waals surface area contributed by atoms with Gasteiger partial charge in [-0.3, -0.25) is 9.55 Å². The summed E-state index contributed by atoms with van der Waals surface area (Å²) in [6.45, 7) is 0.